The van der Waals surface area contributed by atoms with Crippen LogP contribution in [-0.4, -0.2) is 38.9 Å². The summed E-state index contributed by atoms with van der Waals surface area (Å²) >= 11 is 5.72. The van der Waals surface area contributed by atoms with Gasteiger partial charge < -0.3 is 10.5 Å². The largest absolute Gasteiger partial charge is 0.468 e. The molecule has 0 fully saturated rings. The molecular formula is C11H15ClN2O4S. The van der Waals surface area contributed by atoms with E-state index in [2.05, 4.69) is 4.74 Å². The second kappa shape index (κ2) is 6.23. The standard InChI is InChI=1S/C11H15ClN2O4S/c1-3-14(7-11(15)18-2)19(16,17)10-5-4-8(12)6-9(10)13/h4-6H,3,7,13H2,1-2H3. The number of carbonyl (C=O) groups excluding carboxylic acids is 1. The molecule has 1 aromatic carbocycles. The average molecular weight is 307 g/mol. The first-order valence-corrected chi connectivity index (χ1v) is 7.26. The minimum atomic E-state index is -3.85. The van der Waals surface area contributed by atoms with Gasteiger partial charge in [0.25, 0.3) is 0 Å². The molecule has 2 N–H and O–H groups in total. The zero-order valence-electron chi connectivity index (χ0n) is 10.6. The first kappa shape index (κ1) is 15.7. The SMILES string of the molecule is CCN(CC(=O)OC)S(=O)(=O)c1ccc(Cl)cc1N. The Bertz CT molecular complexity index is 574. The van der Waals surface area contributed by atoms with E-state index in [0.29, 0.717) is 5.02 Å². The molecule has 8 heteroatoms. The van der Waals surface area contributed by atoms with Crippen molar-refractivity contribution in [3.05, 3.63) is 23.2 Å². The predicted molar refractivity (Wildman–Crippen MR) is 72.3 cm³/mol. The van der Waals surface area contributed by atoms with Crippen LogP contribution in [0.1, 0.15) is 6.92 Å². The number of methoxy groups -OCH3 is 1. The summed E-state index contributed by atoms with van der Waals surface area (Å²) in [5.74, 6) is -0.641. The van der Waals surface area contributed by atoms with Crippen molar-refractivity contribution in [2.24, 2.45) is 0 Å². The van der Waals surface area contributed by atoms with Crippen LogP contribution in [0.15, 0.2) is 23.1 Å². The Balaban J connectivity index is 3.17. The van der Waals surface area contributed by atoms with Gasteiger partial charge in [0.15, 0.2) is 0 Å². The van der Waals surface area contributed by atoms with Crippen molar-refractivity contribution >= 4 is 33.3 Å². The van der Waals surface area contributed by atoms with E-state index < -0.39 is 16.0 Å². The van der Waals surface area contributed by atoms with Gasteiger partial charge in [0, 0.05) is 11.6 Å². The molecule has 0 aliphatic carbocycles. The van der Waals surface area contributed by atoms with Gasteiger partial charge in [-0.2, -0.15) is 4.31 Å². The van der Waals surface area contributed by atoms with Crippen LogP contribution in [-0.2, 0) is 19.6 Å². The van der Waals surface area contributed by atoms with Crippen LogP contribution in [0, 0.1) is 0 Å². The molecule has 0 aliphatic heterocycles. The molecule has 19 heavy (non-hydrogen) atoms. The summed E-state index contributed by atoms with van der Waals surface area (Å²) < 4.78 is 30.1. The maximum absolute atomic E-state index is 12.3. The molecule has 1 rings (SSSR count). The van der Waals surface area contributed by atoms with Gasteiger partial charge in [0.05, 0.1) is 12.8 Å². The molecule has 0 heterocycles. The summed E-state index contributed by atoms with van der Waals surface area (Å²) in [7, 11) is -2.66. The second-order valence-electron chi connectivity index (χ2n) is 3.69. The lowest BCUT2D eigenvalue weighted by Crippen LogP contribution is -2.36. The minimum absolute atomic E-state index is 0.0378. The van der Waals surface area contributed by atoms with Crippen molar-refractivity contribution in [1.82, 2.24) is 4.31 Å². The van der Waals surface area contributed by atoms with Gasteiger partial charge in [-0.15, -0.1) is 0 Å². The molecule has 6 nitrogen and oxygen atoms in total. The van der Waals surface area contributed by atoms with Crippen LogP contribution in [0.5, 0.6) is 0 Å². The number of benzene rings is 1. The number of rotatable bonds is 5. The summed E-state index contributed by atoms with van der Waals surface area (Å²) in [4.78, 5) is 11.1. The van der Waals surface area contributed by atoms with Crippen LogP contribution in [0.25, 0.3) is 0 Å². The number of sulfonamides is 1. The fourth-order valence-electron chi connectivity index (χ4n) is 1.47. The minimum Gasteiger partial charge on any atom is -0.468 e. The molecule has 0 saturated heterocycles. The first-order chi connectivity index (χ1) is 8.82. The maximum Gasteiger partial charge on any atom is 0.321 e. The van der Waals surface area contributed by atoms with Crippen molar-refractivity contribution in [2.75, 3.05) is 25.9 Å². The lowest BCUT2D eigenvalue weighted by molar-refractivity contribution is -0.140. The Hall–Kier alpha value is -1.31. The molecule has 106 valence electrons. The maximum atomic E-state index is 12.3. The van der Waals surface area contributed by atoms with Crippen LogP contribution in [0.3, 0.4) is 0 Å². The van der Waals surface area contributed by atoms with E-state index in [9.17, 15) is 13.2 Å². The number of esters is 1. The highest BCUT2D eigenvalue weighted by Crippen LogP contribution is 2.25. The van der Waals surface area contributed by atoms with E-state index in [1.165, 1.54) is 25.3 Å². The average Bonchev–Trinajstić information content (AvgIpc) is 2.34. The fraction of sp³-hybridized carbons (Fsp3) is 0.364. The number of carbonyl (C=O) groups is 1. The molecule has 0 aromatic heterocycles. The van der Waals surface area contributed by atoms with E-state index in [0.717, 1.165) is 4.31 Å². The Morgan fingerprint density at radius 3 is 2.58 bits per heavy atom. The van der Waals surface area contributed by atoms with Crippen LogP contribution in [0.4, 0.5) is 5.69 Å². The quantitative estimate of drug-likeness (QED) is 0.650. The summed E-state index contributed by atoms with van der Waals surface area (Å²) in [6, 6.07) is 4.09. The Morgan fingerprint density at radius 2 is 2.11 bits per heavy atom. The van der Waals surface area contributed by atoms with E-state index in [1.807, 2.05) is 0 Å². The Labute approximate surface area is 117 Å². The number of nitrogens with two attached hydrogens (primary N) is 1. The van der Waals surface area contributed by atoms with Crippen LogP contribution < -0.4 is 5.73 Å². The zero-order chi connectivity index (χ0) is 14.6. The van der Waals surface area contributed by atoms with Gasteiger partial charge in [0.2, 0.25) is 10.0 Å². The molecular weight excluding hydrogens is 292 g/mol. The van der Waals surface area contributed by atoms with Gasteiger partial charge in [0.1, 0.15) is 11.4 Å². The number of halogens is 1. The van der Waals surface area contributed by atoms with Gasteiger partial charge in [-0.05, 0) is 18.2 Å². The zero-order valence-corrected chi connectivity index (χ0v) is 12.2. The molecule has 0 bridgehead atoms. The molecule has 0 amide bonds. The molecule has 0 spiro atoms. The van der Waals surface area contributed by atoms with Crippen LogP contribution in [0.2, 0.25) is 5.02 Å². The lowest BCUT2D eigenvalue weighted by atomic mass is 10.3. The van der Waals surface area contributed by atoms with Crippen molar-refractivity contribution in [2.45, 2.75) is 11.8 Å². The third-order valence-corrected chi connectivity index (χ3v) is 4.71. The molecule has 1 aromatic rings. The number of nitrogen functional groups attached to an aromatic ring is 1. The highest BCUT2D eigenvalue weighted by atomic mass is 35.5. The molecule has 0 saturated carbocycles. The van der Waals surface area contributed by atoms with Crippen molar-refractivity contribution in [1.29, 1.82) is 0 Å². The van der Waals surface area contributed by atoms with Gasteiger partial charge in [-0.3, -0.25) is 4.79 Å². The summed E-state index contributed by atoms with van der Waals surface area (Å²) in [5.41, 5.74) is 5.69. The van der Waals surface area contributed by atoms with E-state index in [4.69, 9.17) is 17.3 Å². The first-order valence-electron chi connectivity index (χ1n) is 5.45. The molecule has 0 unspecified atom stereocenters. The normalized spacial score (nSPS) is 11.6. The lowest BCUT2D eigenvalue weighted by Gasteiger charge is -2.20. The highest BCUT2D eigenvalue weighted by Gasteiger charge is 2.27. The fourth-order valence-corrected chi connectivity index (χ4v) is 3.14. The number of hydrogen-bond donors (Lipinski definition) is 1. The number of ether oxygens (including phenoxy) is 1. The summed E-state index contributed by atoms with van der Waals surface area (Å²) in [6.07, 6.45) is 0. The van der Waals surface area contributed by atoms with E-state index in [1.54, 1.807) is 6.92 Å². The van der Waals surface area contributed by atoms with Gasteiger partial charge in [-0.1, -0.05) is 18.5 Å². The second-order valence-corrected chi connectivity index (χ2v) is 6.03. The van der Waals surface area contributed by atoms with Crippen LogP contribution >= 0.6 is 11.6 Å². The third kappa shape index (κ3) is 3.59. The predicted octanol–water partition coefficient (Wildman–Crippen LogP) is 1.11. The highest BCUT2D eigenvalue weighted by molar-refractivity contribution is 7.89. The topological polar surface area (TPSA) is 89.7 Å². The molecule has 0 atom stereocenters. The third-order valence-electron chi connectivity index (χ3n) is 2.48. The van der Waals surface area contributed by atoms with Crippen molar-refractivity contribution < 1.29 is 17.9 Å². The van der Waals surface area contributed by atoms with E-state index in [-0.39, 0.29) is 23.7 Å². The Kier molecular flexibility index (Phi) is 5.16. The van der Waals surface area contributed by atoms with Gasteiger partial charge >= 0.3 is 5.97 Å². The molecule has 0 aliphatic rings. The summed E-state index contributed by atoms with van der Waals surface area (Å²) in [5, 5.41) is 0.340. The van der Waals surface area contributed by atoms with E-state index >= 15 is 0 Å². The van der Waals surface area contributed by atoms with Gasteiger partial charge in [-0.25, -0.2) is 8.42 Å². The molecule has 0 radical (unpaired) electrons. The summed E-state index contributed by atoms with van der Waals surface area (Å²) in [6.45, 7) is 1.38. The number of nitrogens with zero attached hydrogens (tertiary/aromatic N) is 1. The van der Waals surface area contributed by atoms with Crippen molar-refractivity contribution in [3.63, 3.8) is 0 Å². The smallest absolute Gasteiger partial charge is 0.321 e. The number of hydrogen-bond acceptors (Lipinski definition) is 5. The number of anilines is 1. The Morgan fingerprint density at radius 1 is 1.47 bits per heavy atom. The monoisotopic (exact) mass is 306 g/mol. The number of likely N-dealkylation sites (N-methyl/N-ethyl adjacent to an activating group) is 1. The van der Waals surface area contributed by atoms with Crippen molar-refractivity contribution in [3.8, 4) is 0 Å².